The Labute approximate surface area is 133 Å². The van der Waals surface area contributed by atoms with Gasteiger partial charge in [-0.2, -0.15) is 0 Å². The van der Waals surface area contributed by atoms with Gasteiger partial charge in [0.2, 0.25) is 0 Å². The molecule has 1 aromatic rings. The van der Waals surface area contributed by atoms with Gasteiger partial charge in [0.1, 0.15) is 0 Å². The van der Waals surface area contributed by atoms with E-state index in [1.165, 1.54) is 25.3 Å². The normalized spacial score (nSPS) is 20.9. The Morgan fingerprint density at radius 3 is 2.70 bits per heavy atom. The van der Waals surface area contributed by atoms with Crippen LogP contribution in [0.1, 0.15) is 31.7 Å². The highest BCUT2D eigenvalue weighted by molar-refractivity contribution is 5.89. The topological polar surface area (TPSA) is 67.4 Å². The molecule has 7 heteroatoms. The molecule has 0 bridgehead atoms. The van der Waals surface area contributed by atoms with Crippen molar-refractivity contribution in [2.75, 3.05) is 12.4 Å². The lowest BCUT2D eigenvalue weighted by Crippen LogP contribution is -2.36. The summed E-state index contributed by atoms with van der Waals surface area (Å²) in [6.07, 6.45) is 1.86. The molecule has 0 aromatic heterocycles. The zero-order valence-electron chi connectivity index (χ0n) is 13.1. The highest BCUT2D eigenvalue weighted by atomic mass is 19.3. The minimum Gasteiger partial charge on any atom is -0.469 e. The van der Waals surface area contributed by atoms with Crippen LogP contribution in [-0.2, 0) is 15.5 Å². The summed E-state index contributed by atoms with van der Waals surface area (Å²) in [5, 5.41) is 5.29. The Morgan fingerprint density at radius 2 is 2.04 bits per heavy atom. The number of urea groups is 1. The minimum atomic E-state index is -2.96. The molecule has 0 heterocycles. The first-order chi connectivity index (χ1) is 10.8. The Morgan fingerprint density at radius 1 is 1.30 bits per heavy atom. The van der Waals surface area contributed by atoms with Gasteiger partial charge in [-0.1, -0.05) is 12.1 Å². The Hall–Kier alpha value is -2.18. The monoisotopic (exact) mass is 326 g/mol. The Bertz CT molecular complexity index is 587. The van der Waals surface area contributed by atoms with Gasteiger partial charge in [0, 0.05) is 24.2 Å². The van der Waals surface area contributed by atoms with E-state index >= 15 is 0 Å². The second-order valence-corrected chi connectivity index (χ2v) is 5.80. The van der Waals surface area contributed by atoms with Gasteiger partial charge in [0.15, 0.2) is 0 Å². The van der Waals surface area contributed by atoms with Crippen LogP contribution in [0.4, 0.5) is 19.3 Å². The van der Waals surface area contributed by atoms with E-state index in [1.807, 2.05) is 0 Å². The quantitative estimate of drug-likeness (QED) is 0.835. The first-order valence-electron chi connectivity index (χ1n) is 7.43. The Kier molecular flexibility index (Phi) is 5.18. The number of ether oxygens (including phenoxy) is 1. The highest BCUT2D eigenvalue weighted by Gasteiger charge is 2.31. The summed E-state index contributed by atoms with van der Waals surface area (Å²) in [7, 11) is 1.34. The first kappa shape index (κ1) is 17.2. The van der Waals surface area contributed by atoms with Crippen molar-refractivity contribution in [2.24, 2.45) is 5.92 Å². The molecule has 1 saturated carbocycles. The summed E-state index contributed by atoms with van der Waals surface area (Å²) in [5.74, 6) is -3.44. The molecule has 0 aliphatic heterocycles. The molecule has 1 aliphatic carbocycles. The average Bonchev–Trinajstić information content (AvgIpc) is 2.94. The van der Waals surface area contributed by atoms with Gasteiger partial charge < -0.3 is 15.4 Å². The predicted molar refractivity (Wildman–Crippen MR) is 81.3 cm³/mol. The number of esters is 1. The van der Waals surface area contributed by atoms with E-state index in [0.717, 1.165) is 6.92 Å². The van der Waals surface area contributed by atoms with Crippen LogP contribution in [-0.4, -0.2) is 25.2 Å². The number of rotatable bonds is 4. The van der Waals surface area contributed by atoms with Crippen LogP contribution < -0.4 is 10.6 Å². The summed E-state index contributed by atoms with van der Waals surface area (Å²) in [6.45, 7) is 0.803. The lowest BCUT2D eigenvalue weighted by Gasteiger charge is -2.15. The average molecular weight is 326 g/mol. The number of amides is 2. The molecule has 1 aromatic carbocycles. The van der Waals surface area contributed by atoms with Crippen molar-refractivity contribution >= 4 is 17.7 Å². The van der Waals surface area contributed by atoms with Gasteiger partial charge in [0.25, 0.3) is 5.92 Å². The fraction of sp³-hybridized carbons (Fsp3) is 0.500. The number of alkyl halides is 2. The molecule has 0 radical (unpaired) electrons. The predicted octanol–water partition coefficient (Wildman–Crippen LogP) is 3.26. The summed E-state index contributed by atoms with van der Waals surface area (Å²) >= 11 is 0. The van der Waals surface area contributed by atoms with Crippen molar-refractivity contribution in [2.45, 2.75) is 38.2 Å². The SMILES string of the molecule is COC(=O)[C@H]1CC[C@@H](NC(=O)Nc2cccc(C(C)(F)F)c2)C1. The number of hydrogen-bond acceptors (Lipinski definition) is 3. The molecule has 0 saturated heterocycles. The fourth-order valence-electron chi connectivity index (χ4n) is 2.72. The molecule has 0 unspecified atom stereocenters. The van der Waals surface area contributed by atoms with Crippen molar-refractivity contribution in [3.8, 4) is 0 Å². The Balaban J connectivity index is 1.90. The third kappa shape index (κ3) is 4.64. The van der Waals surface area contributed by atoms with Gasteiger partial charge in [0.05, 0.1) is 13.0 Å². The number of hydrogen-bond donors (Lipinski definition) is 2. The van der Waals surface area contributed by atoms with Crippen molar-refractivity contribution in [3.05, 3.63) is 29.8 Å². The summed E-state index contributed by atoms with van der Waals surface area (Å²) < 4.78 is 31.2. The van der Waals surface area contributed by atoms with Crippen molar-refractivity contribution in [1.29, 1.82) is 0 Å². The number of nitrogens with one attached hydrogen (secondary N) is 2. The van der Waals surface area contributed by atoms with Crippen molar-refractivity contribution < 1.29 is 23.1 Å². The van der Waals surface area contributed by atoms with Crippen molar-refractivity contribution in [3.63, 3.8) is 0 Å². The van der Waals surface area contributed by atoms with E-state index in [-0.39, 0.29) is 23.5 Å². The molecule has 0 spiro atoms. The van der Waals surface area contributed by atoms with E-state index in [2.05, 4.69) is 15.4 Å². The number of carbonyl (C=O) groups excluding carboxylic acids is 2. The second-order valence-electron chi connectivity index (χ2n) is 5.80. The number of halogens is 2. The zero-order chi connectivity index (χ0) is 17.0. The molecule has 2 atom stereocenters. The molecule has 2 rings (SSSR count). The van der Waals surface area contributed by atoms with E-state index in [9.17, 15) is 18.4 Å². The van der Waals surface area contributed by atoms with E-state index < -0.39 is 12.0 Å². The van der Waals surface area contributed by atoms with Crippen LogP contribution >= 0.6 is 0 Å². The molecule has 126 valence electrons. The van der Waals surface area contributed by atoms with Crippen molar-refractivity contribution in [1.82, 2.24) is 5.32 Å². The lowest BCUT2D eigenvalue weighted by atomic mass is 10.1. The third-order valence-electron chi connectivity index (χ3n) is 3.93. The standard InChI is InChI=1S/C16H20F2N2O3/c1-16(17,18)11-4-3-5-12(9-11)19-15(22)20-13-7-6-10(8-13)14(21)23-2/h3-5,9-10,13H,6-8H2,1-2H3,(H2,19,20,22)/t10-,13+/m0/s1. The maximum atomic E-state index is 13.3. The van der Waals surface area contributed by atoms with Gasteiger partial charge in [-0.25, -0.2) is 13.6 Å². The van der Waals surface area contributed by atoms with E-state index in [1.54, 1.807) is 6.07 Å². The van der Waals surface area contributed by atoms with E-state index in [0.29, 0.717) is 24.9 Å². The smallest absolute Gasteiger partial charge is 0.319 e. The van der Waals surface area contributed by atoms with Crippen LogP contribution in [0.3, 0.4) is 0 Å². The molecule has 5 nitrogen and oxygen atoms in total. The summed E-state index contributed by atoms with van der Waals surface area (Å²) in [4.78, 5) is 23.4. The maximum absolute atomic E-state index is 13.3. The molecule has 1 aliphatic rings. The van der Waals surface area contributed by atoms with Crippen LogP contribution in [0.15, 0.2) is 24.3 Å². The molecular weight excluding hydrogens is 306 g/mol. The number of carbonyl (C=O) groups is 2. The molecular formula is C16H20F2N2O3. The minimum absolute atomic E-state index is 0.130. The van der Waals surface area contributed by atoms with Gasteiger partial charge in [-0.05, 0) is 31.4 Å². The second kappa shape index (κ2) is 6.93. The van der Waals surface area contributed by atoms with Crippen LogP contribution in [0.25, 0.3) is 0 Å². The van der Waals surface area contributed by atoms with Crippen LogP contribution in [0.2, 0.25) is 0 Å². The van der Waals surface area contributed by atoms with E-state index in [4.69, 9.17) is 0 Å². The number of methoxy groups -OCH3 is 1. The largest absolute Gasteiger partial charge is 0.469 e. The summed E-state index contributed by atoms with van der Waals surface area (Å²) in [5.41, 5.74) is 0.131. The van der Waals surface area contributed by atoms with Gasteiger partial charge in [-0.3, -0.25) is 4.79 Å². The fourth-order valence-corrected chi connectivity index (χ4v) is 2.72. The summed E-state index contributed by atoms with van der Waals surface area (Å²) in [6, 6.07) is 4.95. The number of anilines is 1. The van der Waals surface area contributed by atoms with Gasteiger partial charge >= 0.3 is 12.0 Å². The third-order valence-corrected chi connectivity index (χ3v) is 3.93. The maximum Gasteiger partial charge on any atom is 0.319 e. The van der Waals surface area contributed by atoms with Crippen LogP contribution in [0.5, 0.6) is 0 Å². The molecule has 1 fully saturated rings. The van der Waals surface area contributed by atoms with Crippen LogP contribution in [0, 0.1) is 5.92 Å². The first-order valence-corrected chi connectivity index (χ1v) is 7.43. The molecule has 23 heavy (non-hydrogen) atoms. The lowest BCUT2D eigenvalue weighted by molar-refractivity contribution is -0.145. The molecule has 2 N–H and O–H groups in total. The number of benzene rings is 1. The van der Waals surface area contributed by atoms with Gasteiger partial charge in [-0.15, -0.1) is 0 Å². The molecule has 2 amide bonds. The highest BCUT2D eigenvalue weighted by Crippen LogP contribution is 2.29. The zero-order valence-corrected chi connectivity index (χ0v) is 13.1.